The van der Waals surface area contributed by atoms with Gasteiger partial charge in [-0.05, 0) is 37.9 Å². The quantitative estimate of drug-likeness (QED) is 0.789. The van der Waals surface area contributed by atoms with Crippen LogP contribution in [-0.4, -0.2) is 53.3 Å². The number of aromatic amines is 1. The molecule has 0 unspecified atom stereocenters. The highest BCUT2D eigenvalue weighted by Crippen LogP contribution is 2.20. The first-order valence-electron chi connectivity index (χ1n) is 7.98. The largest absolute Gasteiger partial charge is 0.463 e. The highest BCUT2D eigenvalue weighted by atomic mass is 16.5. The molecule has 1 fully saturated rings. The van der Waals surface area contributed by atoms with E-state index in [2.05, 4.69) is 10.2 Å². The first kappa shape index (κ1) is 15.8. The average Bonchev–Trinajstić information content (AvgIpc) is 3.26. The summed E-state index contributed by atoms with van der Waals surface area (Å²) in [6.07, 6.45) is 4.40. The van der Waals surface area contributed by atoms with Crippen LogP contribution in [0.15, 0.2) is 28.9 Å². The van der Waals surface area contributed by atoms with E-state index in [0.29, 0.717) is 43.4 Å². The lowest BCUT2D eigenvalue weighted by Crippen LogP contribution is -2.41. The second-order valence-corrected chi connectivity index (χ2v) is 5.65. The Hall–Kier alpha value is -2.12. The molecule has 0 aromatic carbocycles. The third kappa shape index (κ3) is 3.80. The van der Waals surface area contributed by atoms with Crippen molar-refractivity contribution >= 4 is 5.91 Å². The smallest absolute Gasteiger partial charge is 0.274 e. The Balaban J connectivity index is 1.53. The van der Waals surface area contributed by atoms with Crippen LogP contribution in [0.3, 0.4) is 0 Å². The summed E-state index contributed by atoms with van der Waals surface area (Å²) in [5.74, 6) is 0.614. The zero-order valence-electron chi connectivity index (χ0n) is 13.0. The third-order valence-corrected chi connectivity index (χ3v) is 4.01. The van der Waals surface area contributed by atoms with Gasteiger partial charge in [0.1, 0.15) is 5.69 Å². The summed E-state index contributed by atoms with van der Waals surface area (Å²) in [7, 11) is 0. The maximum Gasteiger partial charge on any atom is 0.274 e. The summed E-state index contributed by atoms with van der Waals surface area (Å²) in [5, 5.41) is 6.95. The van der Waals surface area contributed by atoms with Gasteiger partial charge in [-0.25, -0.2) is 0 Å². The predicted octanol–water partition coefficient (Wildman–Crippen LogP) is 1.64. The SMILES string of the molecule is NCCCOC1CCN(C(=O)c2cc(-c3ccco3)[nH]n2)CC1. The van der Waals surface area contributed by atoms with Gasteiger partial charge in [0.25, 0.3) is 5.91 Å². The zero-order chi connectivity index (χ0) is 16.1. The second-order valence-electron chi connectivity index (χ2n) is 5.65. The van der Waals surface area contributed by atoms with Gasteiger partial charge in [0.05, 0.1) is 12.4 Å². The molecule has 0 atom stereocenters. The molecule has 3 heterocycles. The highest BCUT2D eigenvalue weighted by molar-refractivity contribution is 5.93. The van der Waals surface area contributed by atoms with Crippen molar-refractivity contribution in [3.63, 3.8) is 0 Å². The van der Waals surface area contributed by atoms with Gasteiger partial charge in [0.15, 0.2) is 11.5 Å². The molecule has 7 heteroatoms. The fourth-order valence-corrected chi connectivity index (χ4v) is 2.71. The average molecular weight is 318 g/mol. The highest BCUT2D eigenvalue weighted by Gasteiger charge is 2.25. The number of carbonyl (C=O) groups excluding carboxylic acids is 1. The first-order valence-corrected chi connectivity index (χ1v) is 7.98. The number of H-pyrrole nitrogens is 1. The summed E-state index contributed by atoms with van der Waals surface area (Å²) >= 11 is 0. The van der Waals surface area contributed by atoms with Crippen LogP contribution < -0.4 is 5.73 Å². The van der Waals surface area contributed by atoms with E-state index in [0.717, 1.165) is 19.3 Å². The van der Waals surface area contributed by atoms with Crippen LogP contribution in [0.25, 0.3) is 11.5 Å². The van der Waals surface area contributed by atoms with Crippen molar-refractivity contribution in [3.8, 4) is 11.5 Å². The van der Waals surface area contributed by atoms with Crippen LogP contribution in [0.4, 0.5) is 0 Å². The van der Waals surface area contributed by atoms with Crippen molar-refractivity contribution in [2.24, 2.45) is 5.73 Å². The van der Waals surface area contributed by atoms with Crippen molar-refractivity contribution in [2.75, 3.05) is 26.2 Å². The maximum atomic E-state index is 12.5. The molecule has 7 nitrogen and oxygen atoms in total. The summed E-state index contributed by atoms with van der Waals surface area (Å²) in [6.45, 7) is 2.72. The van der Waals surface area contributed by atoms with Gasteiger partial charge in [-0.2, -0.15) is 5.10 Å². The van der Waals surface area contributed by atoms with Crippen LogP contribution in [0.2, 0.25) is 0 Å². The van der Waals surface area contributed by atoms with Gasteiger partial charge in [-0.3, -0.25) is 9.89 Å². The van der Waals surface area contributed by atoms with Crippen LogP contribution in [0.5, 0.6) is 0 Å². The summed E-state index contributed by atoms with van der Waals surface area (Å²) in [5.41, 5.74) is 6.58. The lowest BCUT2D eigenvalue weighted by molar-refractivity contribution is 0.00829. The normalized spacial score (nSPS) is 16.0. The van der Waals surface area contributed by atoms with Gasteiger partial charge >= 0.3 is 0 Å². The second kappa shape index (κ2) is 7.43. The van der Waals surface area contributed by atoms with Gasteiger partial charge in [-0.1, -0.05) is 0 Å². The fourth-order valence-electron chi connectivity index (χ4n) is 2.71. The molecular formula is C16H22N4O3. The number of rotatable bonds is 6. The number of nitrogens with zero attached hydrogens (tertiary/aromatic N) is 2. The van der Waals surface area contributed by atoms with Gasteiger partial charge in [0, 0.05) is 25.8 Å². The number of aromatic nitrogens is 2. The van der Waals surface area contributed by atoms with E-state index < -0.39 is 0 Å². The van der Waals surface area contributed by atoms with Crippen molar-refractivity contribution in [1.82, 2.24) is 15.1 Å². The molecule has 3 rings (SSSR count). The molecule has 1 saturated heterocycles. The molecule has 0 bridgehead atoms. The Morgan fingerprint density at radius 1 is 1.48 bits per heavy atom. The molecule has 2 aromatic rings. The number of hydrogen-bond acceptors (Lipinski definition) is 5. The van der Waals surface area contributed by atoms with E-state index in [1.165, 1.54) is 0 Å². The molecule has 0 radical (unpaired) electrons. The lowest BCUT2D eigenvalue weighted by Gasteiger charge is -2.31. The number of furan rings is 1. The molecule has 1 aliphatic rings. The van der Waals surface area contributed by atoms with E-state index in [1.54, 1.807) is 18.4 Å². The lowest BCUT2D eigenvalue weighted by atomic mass is 10.1. The third-order valence-electron chi connectivity index (χ3n) is 4.01. The zero-order valence-corrected chi connectivity index (χ0v) is 13.0. The molecule has 0 saturated carbocycles. The Kier molecular flexibility index (Phi) is 5.09. The molecule has 3 N–H and O–H groups in total. The summed E-state index contributed by atoms with van der Waals surface area (Å²) in [4.78, 5) is 14.3. The fraction of sp³-hybridized carbons (Fsp3) is 0.500. The summed E-state index contributed by atoms with van der Waals surface area (Å²) in [6, 6.07) is 5.35. The van der Waals surface area contributed by atoms with Crippen molar-refractivity contribution in [3.05, 3.63) is 30.2 Å². The number of amides is 1. The van der Waals surface area contributed by atoms with Gasteiger partial charge in [0.2, 0.25) is 0 Å². The van der Waals surface area contributed by atoms with E-state index in [-0.39, 0.29) is 12.0 Å². The van der Waals surface area contributed by atoms with E-state index in [4.69, 9.17) is 14.9 Å². The summed E-state index contributed by atoms with van der Waals surface area (Å²) < 4.78 is 11.1. The van der Waals surface area contributed by atoms with Gasteiger partial charge < -0.3 is 19.8 Å². The Morgan fingerprint density at radius 2 is 2.30 bits per heavy atom. The minimum absolute atomic E-state index is 0.0561. The minimum Gasteiger partial charge on any atom is -0.463 e. The molecule has 0 aliphatic carbocycles. The molecule has 0 spiro atoms. The number of piperidine rings is 1. The van der Waals surface area contributed by atoms with Crippen LogP contribution >= 0.6 is 0 Å². The minimum atomic E-state index is -0.0561. The van der Waals surface area contributed by atoms with E-state index >= 15 is 0 Å². The molecular weight excluding hydrogens is 296 g/mol. The number of ether oxygens (including phenoxy) is 1. The van der Waals surface area contributed by atoms with Crippen LogP contribution in [0.1, 0.15) is 29.8 Å². The standard InChI is InChI=1S/C16H22N4O3/c17-6-2-10-22-12-4-7-20(8-5-12)16(21)14-11-13(18-19-14)15-3-1-9-23-15/h1,3,9,11-12H,2,4-8,10,17H2,(H,18,19). The van der Waals surface area contributed by atoms with Crippen molar-refractivity contribution in [1.29, 1.82) is 0 Å². The number of nitrogens with two attached hydrogens (primary N) is 1. The topological polar surface area (TPSA) is 97.4 Å². The molecule has 23 heavy (non-hydrogen) atoms. The molecule has 2 aromatic heterocycles. The van der Waals surface area contributed by atoms with Crippen molar-refractivity contribution in [2.45, 2.75) is 25.4 Å². The van der Waals surface area contributed by atoms with Gasteiger partial charge in [-0.15, -0.1) is 0 Å². The number of likely N-dealkylation sites (tertiary alicyclic amines) is 1. The Labute approximate surface area is 134 Å². The number of hydrogen-bond donors (Lipinski definition) is 2. The predicted molar refractivity (Wildman–Crippen MR) is 84.8 cm³/mol. The molecule has 1 amide bonds. The maximum absolute atomic E-state index is 12.5. The Bertz CT molecular complexity index is 615. The van der Waals surface area contributed by atoms with Crippen LogP contribution in [0, 0.1) is 0 Å². The number of nitrogens with one attached hydrogen (secondary N) is 1. The van der Waals surface area contributed by atoms with E-state index in [1.807, 2.05) is 11.0 Å². The Morgan fingerprint density at radius 3 is 3.00 bits per heavy atom. The van der Waals surface area contributed by atoms with E-state index in [9.17, 15) is 4.79 Å². The first-order chi connectivity index (χ1) is 11.3. The van der Waals surface area contributed by atoms with Crippen LogP contribution in [-0.2, 0) is 4.74 Å². The van der Waals surface area contributed by atoms with Crippen molar-refractivity contribution < 1.29 is 13.9 Å². The molecule has 124 valence electrons. The monoisotopic (exact) mass is 318 g/mol. The number of carbonyl (C=O) groups is 1. The molecule has 1 aliphatic heterocycles.